The first-order valence-corrected chi connectivity index (χ1v) is 17.9. The maximum Gasteiger partial charge on any atom is 0.191 e. The van der Waals surface area contributed by atoms with Gasteiger partial charge in [-0.1, -0.05) is 57.2 Å². The van der Waals surface area contributed by atoms with Crippen LogP contribution in [0.2, 0.25) is 18.1 Å². The quantitative estimate of drug-likeness (QED) is 0.203. The largest absolute Gasteiger partial charge is 0.455 e. The lowest BCUT2D eigenvalue weighted by atomic mass is 9.93. The number of thiol groups is 1. The van der Waals surface area contributed by atoms with Crippen LogP contribution in [0.4, 0.5) is 0 Å². The summed E-state index contributed by atoms with van der Waals surface area (Å²) in [5.74, 6) is 0.156. The van der Waals surface area contributed by atoms with E-state index in [1.165, 1.54) is 9.79 Å². The molecule has 41 heavy (non-hydrogen) atoms. The van der Waals surface area contributed by atoms with Crippen molar-refractivity contribution in [2.24, 2.45) is 5.92 Å². The molecule has 0 saturated heterocycles. The van der Waals surface area contributed by atoms with E-state index in [9.17, 15) is 15.8 Å². The summed E-state index contributed by atoms with van der Waals surface area (Å²) < 4.78 is 12.5. The monoisotopic (exact) mass is 577 g/mol. The Morgan fingerprint density at radius 3 is 1.71 bits per heavy atom. The van der Waals surface area contributed by atoms with E-state index < -0.39 is 25.1 Å². The summed E-state index contributed by atoms with van der Waals surface area (Å²) >= 11 is 0. The van der Waals surface area contributed by atoms with Crippen LogP contribution in [-0.2, 0) is 4.43 Å². The molecule has 1 atom stereocenters. The molecular formula is C34H35N3O2SSi. The predicted molar refractivity (Wildman–Crippen MR) is 166 cm³/mol. The predicted octanol–water partition coefficient (Wildman–Crippen LogP) is 8.71. The first-order valence-electron chi connectivity index (χ1n) is 13.6. The van der Waals surface area contributed by atoms with E-state index in [-0.39, 0.29) is 21.9 Å². The molecule has 1 aliphatic carbocycles. The zero-order valence-corrected chi connectivity index (χ0v) is 26.1. The first kappa shape index (κ1) is 29.9. The van der Waals surface area contributed by atoms with Gasteiger partial charge >= 0.3 is 0 Å². The van der Waals surface area contributed by atoms with Crippen molar-refractivity contribution < 1.29 is 9.16 Å². The van der Waals surface area contributed by atoms with Gasteiger partial charge in [-0.05, 0) is 87.8 Å². The molecule has 1 unspecified atom stereocenters. The average molecular weight is 578 g/mol. The normalized spacial score (nSPS) is 15.7. The molecule has 0 N–H and O–H groups in total. The summed E-state index contributed by atoms with van der Waals surface area (Å²) in [4.78, 5) is 3.63. The Morgan fingerprint density at radius 1 is 0.732 bits per heavy atom. The zero-order chi connectivity index (χ0) is 29.6. The van der Waals surface area contributed by atoms with Crippen LogP contribution in [0.1, 0.15) is 27.2 Å². The number of allylic oxidation sites excluding steroid dienone is 3. The highest BCUT2D eigenvalue weighted by Crippen LogP contribution is 2.51. The van der Waals surface area contributed by atoms with E-state index in [2.05, 4.69) is 101 Å². The number of hydrogen-bond donors (Lipinski definition) is 1. The highest BCUT2D eigenvalue weighted by Gasteiger charge is 2.39. The molecule has 0 aromatic heterocycles. The lowest BCUT2D eigenvalue weighted by Crippen LogP contribution is -2.41. The molecule has 0 amide bonds. The molecule has 4 rings (SSSR count). The first-order chi connectivity index (χ1) is 19.6. The highest BCUT2D eigenvalue weighted by atomic mass is 32.2. The van der Waals surface area contributed by atoms with Crippen LogP contribution in [-0.4, -0.2) is 14.9 Å². The second-order valence-electron chi connectivity index (χ2n) is 11.4. The Kier molecular flexibility index (Phi) is 9.21. The maximum absolute atomic E-state index is 10.1. The molecule has 5 nitrogen and oxygen atoms in total. The van der Waals surface area contributed by atoms with Gasteiger partial charge in [-0.15, -0.1) is 0 Å². The molecule has 208 valence electrons. The smallest absolute Gasteiger partial charge is 0.191 e. The summed E-state index contributed by atoms with van der Waals surface area (Å²) in [6.45, 7) is 11.3. The number of benzene rings is 3. The number of nitriles is 3. The molecule has 0 bridgehead atoms. The van der Waals surface area contributed by atoms with E-state index in [4.69, 9.17) is 9.16 Å². The third-order valence-corrected chi connectivity index (χ3v) is 14.8. The number of hydrogen-bond acceptors (Lipinski definition) is 5. The van der Waals surface area contributed by atoms with Crippen LogP contribution in [0.3, 0.4) is 0 Å². The third-order valence-electron chi connectivity index (χ3n) is 7.81. The molecule has 0 aliphatic heterocycles. The summed E-state index contributed by atoms with van der Waals surface area (Å²) in [7, 11) is -2.78. The number of nitrogens with zero attached hydrogens (tertiary/aromatic N) is 3. The summed E-state index contributed by atoms with van der Waals surface area (Å²) in [6, 6.07) is 35.2. The van der Waals surface area contributed by atoms with Gasteiger partial charge in [0.2, 0.25) is 0 Å². The van der Waals surface area contributed by atoms with Crippen LogP contribution in [0.25, 0.3) is 0 Å². The van der Waals surface area contributed by atoms with Gasteiger partial charge in [-0.3, -0.25) is 0 Å². The van der Waals surface area contributed by atoms with Crippen LogP contribution >= 0.6 is 10.9 Å². The van der Waals surface area contributed by atoms with Crippen LogP contribution < -0.4 is 4.74 Å². The zero-order valence-electron chi connectivity index (χ0n) is 24.2. The molecule has 0 saturated carbocycles. The van der Waals surface area contributed by atoms with Gasteiger partial charge in [0.25, 0.3) is 0 Å². The van der Waals surface area contributed by atoms with E-state index in [1.807, 2.05) is 36.4 Å². The average Bonchev–Trinajstić information content (AvgIpc) is 3.25. The van der Waals surface area contributed by atoms with Gasteiger partial charge in [0.1, 0.15) is 17.4 Å². The molecule has 0 fully saturated rings. The Labute approximate surface area is 247 Å². The van der Waals surface area contributed by atoms with Gasteiger partial charge in [0.05, 0.1) is 23.3 Å². The molecule has 0 radical (unpaired) electrons. The standard InChI is InChI=1S/C34H35N3O2SSi/c1-34(2,3)41(4,5)38-21-20-29-30(22-35)32(24-37)33(31(29)23-36)39-25-16-18-28(19-17-25)40(26-12-8-6-9-13-26)27-14-10-7-11-15-27/h6-19,29,40H,20-21H2,1-5H3. The summed E-state index contributed by atoms with van der Waals surface area (Å²) in [5, 5.41) is 30.1. The Morgan fingerprint density at radius 2 is 1.24 bits per heavy atom. The number of rotatable bonds is 9. The van der Waals surface area contributed by atoms with Crippen molar-refractivity contribution in [1.29, 1.82) is 15.8 Å². The fourth-order valence-corrected chi connectivity index (χ4v) is 7.88. The summed E-state index contributed by atoms with van der Waals surface area (Å²) in [6.07, 6.45) is 0.438. The van der Waals surface area contributed by atoms with Gasteiger partial charge in [0, 0.05) is 12.5 Å². The van der Waals surface area contributed by atoms with Gasteiger partial charge in [0.15, 0.2) is 14.1 Å². The summed E-state index contributed by atoms with van der Waals surface area (Å²) in [5.41, 5.74) is 0.698. The second kappa shape index (κ2) is 12.6. The molecular weight excluding hydrogens is 543 g/mol. The van der Waals surface area contributed by atoms with Crippen molar-refractivity contribution in [2.45, 2.75) is 60.0 Å². The van der Waals surface area contributed by atoms with Crippen molar-refractivity contribution in [2.75, 3.05) is 6.61 Å². The third kappa shape index (κ3) is 6.48. The highest BCUT2D eigenvalue weighted by molar-refractivity contribution is 8.17. The Bertz CT molecular complexity index is 1530. The van der Waals surface area contributed by atoms with Gasteiger partial charge in [-0.2, -0.15) is 26.7 Å². The van der Waals surface area contributed by atoms with Crippen LogP contribution in [0.15, 0.2) is 122 Å². The lowest BCUT2D eigenvalue weighted by molar-refractivity contribution is 0.272. The Hall–Kier alpha value is -4.06. The van der Waals surface area contributed by atoms with E-state index >= 15 is 0 Å². The molecule has 0 heterocycles. The lowest BCUT2D eigenvalue weighted by Gasteiger charge is -2.36. The van der Waals surface area contributed by atoms with Crippen molar-refractivity contribution in [1.82, 2.24) is 0 Å². The SMILES string of the molecule is CC(C)(C)[Si](C)(C)OCCC1C(C#N)=C(C#N)C(Oc2ccc([SH](c3ccccc3)c3ccccc3)cc2)=C1C#N. The molecule has 3 aromatic rings. The molecule has 1 aliphatic rings. The minimum Gasteiger partial charge on any atom is -0.455 e. The van der Waals surface area contributed by atoms with Crippen LogP contribution in [0, 0.1) is 39.9 Å². The topological polar surface area (TPSA) is 89.8 Å². The maximum atomic E-state index is 10.1. The molecule has 0 spiro atoms. The minimum absolute atomic E-state index is 0.0457. The van der Waals surface area contributed by atoms with E-state index in [0.29, 0.717) is 24.4 Å². The van der Waals surface area contributed by atoms with E-state index in [1.54, 1.807) is 0 Å². The fraction of sp³-hybridized carbons (Fsp3) is 0.265. The van der Waals surface area contributed by atoms with Crippen molar-refractivity contribution in [3.8, 4) is 24.0 Å². The minimum atomic E-state index is -2.00. The Balaban J connectivity index is 1.61. The van der Waals surface area contributed by atoms with E-state index in [0.717, 1.165) is 4.90 Å². The van der Waals surface area contributed by atoms with Crippen molar-refractivity contribution in [3.63, 3.8) is 0 Å². The molecule has 7 heteroatoms. The molecule has 3 aromatic carbocycles. The van der Waals surface area contributed by atoms with Gasteiger partial charge in [-0.25, -0.2) is 0 Å². The fourth-order valence-electron chi connectivity index (χ4n) is 4.53. The second-order valence-corrected chi connectivity index (χ2v) is 18.4. The van der Waals surface area contributed by atoms with Crippen molar-refractivity contribution in [3.05, 3.63) is 107 Å². The van der Waals surface area contributed by atoms with Crippen LogP contribution in [0.5, 0.6) is 5.75 Å². The number of ether oxygens (including phenoxy) is 1. The van der Waals surface area contributed by atoms with Gasteiger partial charge < -0.3 is 9.16 Å². The van der Waals surface area contributed by atoms with Crippen molar-refractivity contribution >= 4 is 19.2 Å².